The van der Waals surface area contributed by atoms with Crippen molar-refractivity contribution in [2.24, 2.45) is 0 Å². The molecule has 0 N–H and O–H groups in total. The molecule has 4 rings (SSSR count). The van der Waals surface area contributed by atoms with E-state index in [0.29, 0.717) is 23.3 Å². The fourth-order valence-electron chi connectivity index (χ4n) is 2.75. The van der Waals surface area contributed by atoms with E-state index in [4.69, 9.17) is 9.26 Å². The molecule has 2 heterocycles. The summed E-state index contributed by atoms with van der Waals surface area (Å²) >= 11 is 1.44. The summed E-state index contributed by atoms with van der Waals surface area (Å²) in [4.78, 5) is 0. The first-order chi connectivity index (χ1) is 13.9. The Kier molecular flexibility index (Phi) is 5.10. The highest BCUT2D eigenvalue weighted by Crippen LogP contribution is 2.28. The molecule has 6 nitrogen and oxygen atoms in total. The summed E-state index contributed by atoms with van der Waals surface area (Å²) in [6.07, 6.45) is -4.19. The third-order valence-corrected chi connectivity index (χ3v) is 4.78. The zero-order valence-electron chi connectivity index (χ0n) is 15.1. The Morgan fingerprint density at radius 1 is 1.03 bits per heavy atom. The van der Waals surface area contributed by atoms with Gasteiger partial charge in [-0.15, -0.1) is 23.4 Å². The number of hydrogen-bond donors (Lipinski definition) is 0. The van der Waals surface area contributed by atoms with Crippen LogP contribution >= 0.6 is 11.3 Å². The predicted octanol–water partition coefficient (Wildman–Crippen LogP) is 5.06. The molecule has 0 unspecified atom stereocenters. The molecule has 0 radical (unpaired) electrons. The average Bonchev–Trinajstić information content (AvgIpc) is 3.26. The molecule has 4 aromatic rings. The molecule has 0 aliphatic heterocycles. The summed E-state index contributed by atoms with van der Waals surface area (Å²) in [6, 6.07) is 11.3. The van der Waals surface area contributed by atoms with E-state index in [0.717, 1.165) is 21.1 Å². The Hall–Kier alpha value is -3.14. The van der Waals surface area contributed by atoms with Crippen LogP contribution in [0, 0.1) is 6.92 Å². The summed E-state index contributed by atoms with van der Waals surface area (Å²) in [5, 5.41) is 14.2. The van der Waals surface area contributed by atoms with Crippen molar-refractivity contribution >= 4 is 22.3 Å². The first-order valence-electron chi connectivity index (χ1n) is 8.50. The maximum atomic E-state index is 12.3. The van der Waals surface area contributed by atoms with E-state index >= 15 is 0 Å². The Bertz CT molecular complexity index is 1120. The zero-order chi connectivity index (χ0) is 20.4. The molecular weight excluding hydrogens is 407 g/mol. The number of hydrogen-bond acceptors (Lipinski definition) is 7. The zero-order valence-corrected chi connectivity index (χ0v) is 15.9. The minimum Gasteiger partial charge on any atom is -0.468 e. The van der Waals surface area contributed by atoms with Crippen molar-refractivity contribution in [3.63, 3.8) is 0 Å². The quantitative estimate of drug-likeness (QED) is 0.434. The van der Waals surface area contributed by atoms with Crippen LogP contribution in [0.25, 0.3) is 11.0 Å². The van der Waals surface area contributed by atoms with Crippen LogP contribution in [0.1, 0.15) is 21.1 Å². The smallest absolute Gasteiger partial charge is 0.468 e. The molecule has 150 valence electrons. The number of halogens is 3. The van der Waals surface area contributed by atoms with Crippen LogP contribution in [0.15, 0.2) is 47.0 Å². The number of fused-ring (bicyclic) bond motifs is 1. The number of aromatic nitrogens is 3. The second-order valence-corrected chi connectivity index (χ2v) is 7.46. The maximum Gasteiger partial charge on any atom is 0.573 e. The molecule has 0 spiro atoms. The molecule has 10 heteroatoms. The fraction of sp³-hybridized carbons (Fsp3) is 0.211. The number of rotatable bonds is 6. The van der Waals surface area contributed by atoms with Crippen LogP contribution in [-0.4, -0.2) is 21.7 Å². The van der Waals surface area contributed by atoms with Crippen molar-refractivity contribution in [1.29, 1.82) is 0 Å². The number of benzene rings is 2. The molecule has 0 saturated heterocycles. The Morgan fingerprint density at radius 3 is 2.48 bits per heavy atom. The summed E-state index contributed by atoms with van der Waals surface area (Å²) in [5.41, 5.74) is 2.34. The number of ether oxygens (including phenoxy) is 2. The second-order valence-electron chi connectivity index (χ2n) is 6.19. The van der Waals surface area contributed by atoms with Gasteiger partial charge >= 0.3 is 6.36 Å². The van der Waals surface area contributed by atoms with E-state index in [-0.39, 0.29) is 12.4 Å². The van der Waals surface area contributed by atoms with Gasteiger partial charge in [-0.2, -0.15) is 0 Å². The lowest BCUT2D eigenvalue weighted by Gasteiger charge is -2.09. The van der Waals surface area contributed by atoms with Gasteiger partial charge in [0.15, 0.2) is 10.6 Å². The van der Waals surface area contributed by atoms with Gasteiger partial charge in [0.1, 0.15) is 17.4 Å². The Morgan fingerprint density at radius 2 is 1.79 bits per heavy atom. The Labute approximate surface area is 166 Å². The van der Waals surface area contributed by atoms with Crippen molar-refractivity contribution < 1.29 is 27.2 Å². The first-order valence-corrected chi connectivity index (χ1v) is 9.32. The van der Waals surface area contributed by atoms with Gasteiger partial charge in [0.05, 0.1) is 5.39 Å². The van der Waals surface area contributed by atoms with Gasteiger partial charge in [-0.1, -0.05) is 29.5 Å². The normalized spacial score (nSPS) is 11.7. The van der Waals surface area contributed by atoms with Gasteiger partial charge in [0.2, 0.25) is 0 Å². The molecule has 2 aromatic heterocycles. The van der Waals surface area contributed by atoms with Crippen molar-refractivity contribution in [2.45, 2.75) is 26.3 Å². The summed E-state index contributed by atoms with van der Waals surface area (Å²) in [5.74, 6) is 0.0990. The lowest BCUT2D eigenvalue weighted by molar-refractivity contribution is -0.274. The van der Waals surface area contributed by atoms with Gasteiger partial charge in [-0.3, -0.25) is 0 Å². The molecule has 0 aliphatic carbocycles. The van der Waals surface area contributed by atoms with Crippen LogP contribution in [0.4, 0.5) is 13.2 Å². The third kappa shape index (κ3) is 4.83. The molecule has 0 bridgehead atoms. The van der Waals surface area contributed by atoms with Gasteiger partial charge in [-0.25, -0.2) is 0 Å². The van der Waals surface area contributed by atoms with Crippen LogP contribution in [-0.2, 0) is 13.0 Å². The predicted molar refractivity (Wildman–Crippen MR) is 98.9 cm³/mol. The molecule has 0 atom stereocenters. The highest BCUT2D eigenvalue weighted by molar-refractivity contribution is 7.11. The van der Waals surface area contributed by atoms with Gasteiger partial charge in [-0.05, 0) is 53.9 Å². The molecule has 29 heavy (non-hydrogen) atoms. The molecule has 0 saturated carbocycles. The van der Waals surface area contributed by atoms with Gasteiger partial charge in [0, 0.05) is 0 Å². The van der Waals surface area contributed by atoms with Gasteiger partial charge < -0.3 is 14.0 Å². The van der Waals surface area contributed by atoms with Crippen molar-refractivity contribution in [1.82, 2.24) is 15.4 Å². The van der Waals surface area contributed by atoms with Crippen molar-refractivity contribution in [3.05, 3.63) is 63.6 Å². The first kappa shape index (κ1) is 19.2. The number of nitrogens with zero attached hydrogens (tertiary/aromatic N) is 3. The van der Waals surface area contributed by atoms with Crippen LogP contribution < -0.4 is 9.47 Å². The second kappa shape index (κ2) is 7.70. The molecule has 2 aromatic carbocycles. The SMILES string of the molecule is Cc1nnc(COc2noc3ccc(Cc4ccc(OC(F)(F)F)cc4)cc23)s1. The van der Waals surface area contributed by atoms with Crippen molar-refractivity contribution in [3.8, 4) is 11.6 Å². The molecule has 0 fully saturated rings. The van der Waals surface area contributed by atoms with E-state index in [9.17, 15) is 13.2 Å². The van der Waals surface area contributed by atoms with E-state index in [1.54, 1.807) is 18.2 Å². The lowest BCUT2D eigenvalue weighted by atomic mass is 10.0. The average molecular weight is 421 g/mol. The standard InChI is InChI=1S/C19H14F3N3O3S/c1-11-23-24-17(29-11)10-26-18-15-9-13(4-7-16(15)28-25-18)8-12-2-5-14(6-3-12)27-19(20,21)22/h2-7,9H,8,10H2,1H3. The van der Waals surface area contributed by atoms with Crippen LogP contribution in [0.3, 0.4) is 0 Å². The minimum atomic E-state index is -4.70. The Balaban J connectivity index is 1.48. The van der Waals surface area contributed by atoms with E-state index in [1.807, 2.05) is 19.1 Å². The van der Waals surface area contributed by atoms with E-state index < -0.39 is 6.36 Å². The van der Waals surface area contributed by atoms with Crippen molar-refractivity contribution in [2.75, 3.05) is 0 Å². The topological polar surface area (TPSA) is 70.3 Å². The molecule has 0 amide bonds. The number of aryl methyl sites for hydroxylation is 1. The van der Waals surface area contributed by atoms with Gasteiger partial charge in [0.25, 0.3) is 5.88 Å². The molecular formula is C19H14F3N3O3S. The van der Waals surface area contributed by atoms with E-state index in [2.05, 4.69) is 20.1 Å². The highest BCUT2D eigenvalue weighted by atomic mass is 32.1. The van der Waals surface area contributed by atoms with E-state index in [1.165, 1.54) is 23.5 Å². The number of alkyl halides is 3. The highest BCUT2D eigenvalue weighted by Gasteiger charge is 2.30. The van der Waals surface area contributed by atoms with Crippen LogP contribution in [0.5, 0.6) is 11.6 Å². The summed E-state index contributed by atoms with van der Waals surface area (Å²) in [7, 11) is 0. The molecule has 0 aliphatic rings. The third-order valence-electron chi connectivity index (χ3n) is 3.97. The fourth-order valence-corrected chi connectivity index (χ4v) is 3.37. The summed E-state index contributed by atoms with van der Waals surface area (Å²) < 4.78 is 51.7. The maximum absolute atomic E-state index is 12.3. The lowest BCUT2D eigenvalue weighted by Crippen LogP contribution is -2.17. The summed E-state index contributed by atoms with van der Waals surface area (Å²) in [6.45, 7) is 2.10. The largest absolute Gasteiger partial charge is 0.573 e. The minimum absolute atomic E-state index is 0.234. The monoisotopic (exact) mass is 421 g/mol. The van der Waals surface area contributed by atoms with Crippen LogP contribution in [0.2, 0.25) is 0 Å².